The van der Waals surface area contributed by atoms with Crippen molar-refractivity contribution in [3.05, 3.63) is 72.0 Å². The SMILES string of the molecule is C=C(F)C(F)=C(F)C(=C)OS(=O)(=O)c1ccc2c(Cl)nccc2c1. The van der Waals surface area contributed by atoms with Crippen LogP contribution in [0, 0.1) is 0 Å². The molecule has 0 spiro atoms. The molecule has 0 aliphatic carbocycles. The fourth-order valence-electron chi connectivity index (χ4n) is 1.73. The summed E-state index contributed by atoms with van der Waals surface area (Å²) in [4.78, 5) is 3.48. The molecule has 1 aromatic heterocycles. The number of fused-ring (bicyclic) bond motifs is 1. The van der Waals surface area contributed by atoms with Gasteiger partial charge in [0, 0.05) is 11.6 Å². The summed E-state index contributed by atoms with van der Waals surface area (Å²) in [6, 6.07) is 5.23. The van der Waals surface area contributed by atoms with E-state index in [9.17, 15) is 21.6 Å². The highest BCUT2D eigenvalue weighted by Crippen LogP contribution is 2.28. The van der Waals surface area contributed by atoms with E-state index in [0.29, 0.717) is 10.8 Å². The Kier molecular flexibility index (Phi) is 5.00. The molecule has 0 aliphatic heterocycles. The van der Waals surface area contributed by atoms with Crippen LogP contribution in [0.1, 0.15) is 0 Å². The van der Waals surface area contributed by atoms with Gasteiger partial charge in [0.1, 0.15) is 10.0 Å². The van der Waals surface area contributed by atoms with Gasteiger partial charge in [0.2, 0.25) is 5.83 Å². The number of halogens is 4. The molecule has 0 radical (unpaired) electrons. The second-order valence-corrected chi connectivity index (χ2v) is 6.38. The predicted octanol–water partition coefficient (Wildman–Crippen LogP) is 4.74. The van der Waals surface area contributed by atoms with Crippen LogP contribution in [0.15, 0.2) is 71.8 Å². The molecular formula is C15H9ClF3NO3S. The maximum Gasteiger partial charge on any atom is 0.339 e. The van der Waals surface area contributed by atoms with Crippen LogP contribution in [0.4, 0.5) is 13.2 Å². The highest BCUT2D eigenvalue weighted by atomic mass is 35.5. The maximum atomic E-state index is 13.5. The van der Waals surface area contributed by atoms with E-state index in [2.05, 4.69) is 22.3 Å². The standard InChI is InChI=1S/C15H9ClF3NO3S/c1-8(17)13(18)14(19)9(2)23-24(21,22)11-3-4-12-10(7-11)5-6-20-15(12)16/h3-7H,1-2H2. The Labute approximate surface area is 140 Å². The largest absolute Gasteiger partial charge is 0.376 e. The number of aromatic nitrogens is 1. The van der Waals surface area contributed by atoms with Crippen LogP contribution in [0.2, 0.25) is 5.15 Å². The van der Waals surface area contributed by atoms with Crippen molar-refractivity contribution in [3.63, 3.8) is 0 Å². The number of hydrogen-bond donors (Lipinski definition) is 0. The lowest BCUT2D eigenvalue weighted by atomic mass is 10.2. The minimum absolute atomic E-state index is 0.166. The third kappa shape index (κ3) is 3.60. The molecule has 0 saturated carbocycles. The molecule has 0 unspecified atom stereocenters. The van der Waals surface area contributed by atoms with Gasteiger partial charge in [0.05, 0.1) is 0 Å². The molecule has 2 rings (SSSR count). The molecule has 0 aliphatic rings. The first-order valence-corrected chi connectivity index (χ1v) is 8.00. The zero-order valence-electron chi connectivity index (χ0n) is 11.9. The zero-order chi connectivity index (χ0) is 18.1. The summed E-state index contributed by atoms with van der Waals surface area (Å²) < 4.78 is 67.7. The molecule has 1 aromatic carbocycles. The fourth-order valence-corrected chi connectivity index (χ4v) is 2.90. The van der Waals surface area contributed by atoms with Crippen LogP contribution in [-0.4, -0.2) is 13.4 Å². The van der Waals surface area contributed by atoms with Crippen molar-refractivity contribution >= 4 is 32.5 Å². The van der Waals surface area contributed by atoms with E-state index in [-0.39, 0.29) is 10.0 Å². The third-order valence-corrected chi connectivity index (χ3v) is 4.41. The molecule has 0 amide bonds. The monoisotopic (exact) mass is 375 g/mol. The van der Waals surface area contributed by atoms with Crippen LogP contribution in [0.3, 0.4) is 0 Å². The Bertz CT molecular complexity index is 987. The molecule has 24 heavy (non-hydrogen) atoms. The number of allylic oxidation sites excluding steroid dienone is 3. The van der Waals surface area contributed by atoms with Crippen molar-refractivity contribution in [1.29, 1.82) is 0 Å². The van der Waals surface area contributed by atoms with Crippen molar-refractivity contribution in [1.82, 2.24) is 4.98 Å². The highest BCUT2D eigenvalue weighted by molar-refractivity contribution is 7.86. The number of pyridine rings is 1. The summed E-state index contributed by atoms with van der Waals surface area (Å²) >= 11 is 5.87. The topological polar surface area (TPSA) is 56.3 Å². The maximum absolute atomic E-state index is 13.5. The quantitative estimate of drug-likeness (QED) is 0.328. The van der Waals surface area contributed by atoms with E-state index in [1.54, 1.807) is 0 Å². The predicted molar refractivity (Wildman–Crippen MR) is 83.7 cm³/mol. The Morgan fingerprint density at radius 1 is 1.12 bits per heavy atom. The van der Waals surface area contributed by atoms with Gasteiger partial charge in [-0.05, 0) is 29.7 Å². The number of hydrogen-bond acceptors (Lipinski definition) is 4. The van der Waals surface area contributed by atoms with Gasteiger partial charge in [0.25, 0.3) is 0 Å². The van der Waals surface area contributed by atoms with Crippen LogP contribution < -0.4 is 0 Å². The average molecular weight is 376 g/mol. The van der Waals surface area contributed by atoms with Crippen molar-refractivity contribution < 1.29 is 25.8 Å². The van der Waals surface area contributed by atoms with Gasteiger partial charge in [0.15, 0.2) is 17.4 Å². The number of nitrogens with zero attached hydrogens (tertiary/aromatic N) is 1. The lowest BCUT2D eigenvalue weighted by Gasteiger charge is -2.09. The fraction of sp³-hybridized carbons (Fsp3) is 0. The van der Waals surface area contributed by atoms with Crippen LogP contribution in [-0.2, 0) is 14.3 Å². The summed E-state index contributed by atoms with van der Waals surface area (Å²) in [5.41, 5.74) is 0. The Morgan fingerprint density at radius 3 is 2.42 bits per heavy atom. The summed E-state index contributed by atoms with van der Waals surface area (Å²) in [7, 11) is -4.52. The first-order chi connectivity index (χ1) is 11.1. The van der Waals surface area contributed by atoms with E-state index in [0.717, 1.165) is 6.07 Å². The van der Waals surface area contributed by atoms with Gasteiger partial charge in [-0.3, -0.25) is 0 Å². The number of rotatable bonds is 5. The van der Waals surface area contributed by atoms with Gasteiger partial charge in [-0.25, -0.2) is 13.8 Å². The van der Waals surface area contributed by atoms with Gasteiger partial charge in [-0.1, -0.05) is 24.8 Å². The van der Waals surface area contributed by atoms with E-state index in [4.69, 9.17) is 11.6 Å². The van der Waals surface area contributed by atoms with Gasteiger partial charge in [-0.15, -0.1) is 0 Å². The Hall–Kier alpha value is -2.32. The minimum Gasteiger partial charge on any atom is -0.376 e. The third-order valence-electron chi connectivity index (χ3n) is 2.86. The van der Waals surface area contributed by atoms with Crippen molar-refractivity contribution in [2.75, 3.05) is 0 Å². The van der Waals surface area contributed by atoms with E-state index >= 15 is 0 Å². The molecule has 1 heterocycles. The normalized spacial score (nSPS) is 12.7. The molecule has 4 nitrogen and oxygen atoms in total. The lowest BCUT2D eigenvalue weighted by molar-refractivity contribution is 0.380. The summed E-state index contributed by atoms with van der Waals surface area (Å²) in [6.45, 7) is 5.48. The van der Waals surface area contributed by atoms with Crippen molar-refractivity contribution in [3.8, 4) is 0 Å². The summed E-state index contributed by atoms with van der Waals surface area (Å²) in [5, 5.41) is 1.09. The minimum atomic E-state index is -4.52. The number of benzene rings is 1. The highest BCUT2D eigenvalue weighted by Gasteiger charge is 2.23. The molecule has 0 N–H and O–H groups in total. The smallest absolute Gasteiger partial charge is 0.339 e. The van der Waals surface area contributed by atoms with Crippen LogP contribution in [0.25, 0.3) is 10.8 Å². The van der Waals surface area contributed by atoms with E-state index in [1.165, 1.54) is 24.4 Å². The second kappa shape index (κ2) is 6.66. The van der Waals surface area contributed by atoms with Gasteiger partial charge < -0.3 is 4.18 Å². The molecule has 0 saturated heterocycles. The van der Waals surface area contributed by atoms with Crippen molar-refractivity contribution in [2.24, 2.45) is 0 Å². The van der Waals surface area contributed by atoms with Crippen LogP contribution >= 0.6 is 11.6 Å². The zero-order valence-corrected chi connectivity index (χ0v) is 13.5. The Balaban J connectivity index is 2.39. The van der Waals surface area contributed by atoms with Gasteiger partial charge in [-0.2, -0.15) is 12.8 Å². The average Bonchev–Trinajstić information content (AvgIpc) is 2.52. The molecule has 0 fully saturated rings. The van der Waals surface area contributed by atoms with Gasteiger partial charge >= 0.3 is 10.1 Å². The molecule has 2 aromatic rings. The van der Waals surface area contributed by atoms with Crippen LogP contribution in [0.5, 0.6) is 0 Å². The molecule has 0 atom stereocenters. The first-order valence-electron chi connectivity index (χ1n) is 6.21. The summed E-state index contributed by atoms with van der Waals surface area (Å²) in [6.07, 6.45) is 1.37. The van der Waals surface area contributed by atoms with E-state index < -0.39 is 33.4 Å². The molecule has 126 valence electrons. The molecule has 0 bridgehead atoms. The van der Waals surface area contributed by atoms with Crippen molar-refractivity contribution in [2.45, 2.75) is 4.90 Å². The molecular weight excluding hydrogens is 367 g/mol. The first kappa shape index (κ1) is 18.0. The van der Waals surface area contributed by atoms with E-state index in [1.807, 2.05) is 0 Å². The summed E-state index contributed by atoms with van der Waals surface area (Å²) in [5.74, 6) is -6.83. The Morgan fingerprint density at radius 2 is 1.79 bits per heavy atom. The lowest BCUT2D eigenvalue weighted by Crippen LogP contribution is -2.07. The molecule has 9 heteroatoms. The second-order valence-electron chi connectivity index (χ2n) is 4.48.